The van der Waals surface area contributed by atoms with E-state index >= 15 is 0 Å². The predicted molar refractivity (Wildman–Crippen MR) is 72.6 cm³/mol. The van der Waals surface area contributed by atoms with E-state index in [9.17, 15) is 4.79 Å². The first kappa shape index (κ1) is 12.7. The van der Waals surface area contributed by atoms with Crippen molar-refractivity contribution in [3.8, 4) is 0 Å². The van der Waals surface area contributed by atoms with Gasteiger partial charge < -0.3 is 5.32 Å². The van der Waals surface area contributed by atoms with Gasteiger partial charge in [0.2, 0.25) is 5.91 Å². The monoisotopic (exact) mass is 262 g/mol. The smallest absolute Gasteiger partial charge is 0.221 e. The van der Waals surface area contributed by atoms with Gasteiger partial charge >= 0.3 is 0 Å². The number of nitrogens with zero attached hydrogens (tertiary/aromatic N) is 3. The van der Waals surface area contributed by atoms with Crippen LogP contribution >= 0.6 is 0 Å². The molecule has 0 bridgehead atoms. The largest absolute Gasteiger partial charge is 0.359 e. The summed E-state index contributed by atoms with van der Waals surface area (Å²) in [5.74, 6) is 0.0970. The number of hydrogen-bond acceptors (Lipinski definition) is 3. The number of rotatable bonds is 3. The van der Waals surface area contributed by atoms with Crippen LogP contribution in [-0.2, 0) is 11.3 Å². The molecule has 5 nitrogen and oxygen atoms in total. The van der Waals surface area contributed by atoms with E-state index in [1.165, 1.54) is 31.4 Å². The minimum Gasteiger partial charge on any atom is -0.359 e. The topological polar surface area (TPSA) is 50.2 Å². The van der Waals surface area contributed by atoms with Crippen molar-refractivity contribution < 1.29 is 4.79 Å². The molecule has 1 aromatic rings. The molecule has 5 heteroatoms. The zero-order chi connectivity index (χ0) is 13.2. The molecule has 0 aromatic carbocycles. The van der Waals surface area contributed by atoms with Gasteiger partial charge in [0.1, 0.15) is 0 Å². The molecule has 2 heterocycles. The Labute approximate surface area is 114 Å². The van der Waals surface area contributed by atoms with Gasteiger partial charge in [-0.25, -0.2) is 0 Å². The van der Waals surface area contributed by atoms with Gasteiger partial charge in [0.15, 0.2) is 0 Å². The van der Waals surface area contributed by atoms with Crippen molar-refractivity contribution in [1.29, 1.82) is 0 Å². The van der Waals surface area contributed by atoms with Gasteiger partial charge in [-0.15, -0.1) is 0 Å². The Balaban J connectivity index is 1.77. The maximum Gasteiger partial charge on any atom is 0.221 e. The van der Waals surface area contributed by atoms with E-state index in [1.54, 1.807) is 7.05 Å². The number of amides is 1. The fourth-order valence-corrected chi connectivity index (χ4v) is 3.43. The van der Waals surface area contributed by atoms with Crippen LogP contribution in [0.15, 0.2) is 12.3 Å². The minimum atomic E-state index is 0.0970. The standard InChI is InChI=1S/C14H22N4O/c1-15-14(19)8-13-10-17(11-4-2-3-5-11)9-12-6-7-16-18(12)13/h6-7,11,13H,2-5,8-10H2,1H3,(H,15,19). The second kappa shape index (κ2) is 5.33. The van der Waals surface area contributed by atoms with Gasteiger partial charge in [-0.1, -0.05) is 12.8 Å². The van der Waals surface area contributed by atoms with E-state index in [2.05, 4.69) is 21.4 Å². The maximum atomic E-state index is 11.7. The molecule has 1 atom stereocenters. The number of carbonyl (C=O) groups is 1. The first-order valence-electron chi connectivity index (χ1n) is 7.25. The summed E-state index contributed by atoms with van der Waals surface area (Å²) in [5, 5.41) is 7.12. The molecule has 0 saturated heterocycles. The lowest BCUT2D eigenvalue weighted by molar-refractivity contribution is -0.121. The van der Waals surface area contributed by atoms with Crippen molar-refractivity contribution in [3.63, 3.8) is 0 Å². The number of hydrogen-bond donors (Lipinski definition) is 1. The van der Waals surface area contributed by atoms with Crippen molar-refractivity contribution >= 4 is 5.91 Å². The highest BCUT2D eigenvalue weighted by molar-refractivity contribution is 5.76. The fourth-order valence-electron chi connectivity index (χ4n) is 3.43. The van der Waals surface area contributed by atoms with Gasteiger partial charge in [0.05, 0.1) is 18.2 Å². The number of aromatic nitrogens is 2. The van der Waals surface area contributed by atoms with Crippen LogP contribution < -0.4 is 5.32 Å². The molecule has 104 valence electrons. The summed E-state index contributed by atoms with van der Waals surface area (Å²) in [6.45, 7) is 1.93. The van der Waals surface area contributed by atoms with Gasteiger partial charge in [-0.3, -0.25) is 14.4 Å². The molecule has 1 saturated carbocycles. The summed E-state index contributed by atoms with van der Waals surface area (Å²) in [4.78, 5) is 14.2. The predicted octanol–water partition coefficient (Wildman–Crippen LogP) is 1.32. The van der Waals surface area contributed by atoms with E-state index in [0.717, 1.165) is 13.1 Å². The van der Waals surface area contributed by atoms with E-state index in [0.29, 0.717) is 12.5 Å². The molecule has 1 fully saturated rings. The van der Waals surface area contributed by atoms with Gasteiger partial charge in [0.25, 0.3) is 0 Å². The van der Waals surface area contributed by atoms with E-state index < -0.39 is 0 Å². The van der Waals surface area contributed by atoms with Gasteiger partial charge in [-0.05, 0) is 18.9 Å². The molecule has 1 aromatic heterocycles. The zero-order valence-corrected chi connectivity index (χ0v) is 11.5. The zero-order valence-electron chi connectivity index (χ0n) is 11.5. The van der Waals surface area contributed by atoms with Crippen LogP contribution in [0, 0.1) is 0 Å². The molecular weight excluding hydrogens is 240 g/mol. The lowest BCUT2D eigenvalue weighted by Gasteiger charge is -2.37. The number of carbonyl (C=O) groups excluding carboxylic acids is 1. The summed E-state index contributed by atoms with van der Waals surface area (Å²) in [7, 11) is 1.70. The molecule has 0 spiro atoms. The van der Waals surface area contributed by atoms with Crippen molar-refractivity contribution in [1.82, 2.24) is 20.0 Å². The third kappa shape index (κ3) is 2.52. The molecule has 19 heavy (non-hydrogen) atoms. The van der Waals surface area contributed by atoms with Crippen LogP contribution in [0.5, 0.6) is 0 Å². The van der Waals surface area contributed by atoms with Crippen LogP contribution in [-0.4, -0.2) is 40.2 Å². The molecule has 1 N–H and O–H groups in total. The van der Waals surface area contributed by atoms with Crippen molar-refractivity contribution in [2.75, 3.05) is 13.6 Å². The normalized spacial score (nSPS) is 24.4. The summed E-state index contributed by atoms with van der Waals surface area (Å²) >= 11 is 0. The highest BCUT2D eigenvalue weighted by Crippen LogP contribution is 2.30. The van der Waals surface area contributed by atoms with Crippen molar-refractivity contribution in [2.24, 2.45) is 0 Å². The third-order valence-electron chi connectivity index (χ3n) is 4.45. The first-order valence-corrected chi connectivity index (χ1v) is 7.25. The van der Waals surface area contributed by atoms with Crippen LogP contribution in [0.4, 0.5) is 0 Å². The Bertz CT molecular complexity index is 450. The number of fused-ring (bicyclic) bond motifs is 1. The average Bonchev–Trinajstić information content (AvgIpc) is 3.09. The van der Waals surface area contributed by atoms with E-state index in [-0.39, 0.29) is 11.9 Å². The molecule has 1 aliphatic heterocycles. The van der Waals surface area contributed by atoms with Crippen LogP contribution in [0.3, 0.4) is 0 Å². The Morgan fingerprint density at radius 2 is 2.26 bits per heavy atom. The summed E-state index contributed by atoms with van der Waals surface area (Å²) in [6.07, 6.45) is 7.68. The lowest BCUT2D eigenvalue weighted by Crippen LogP contribution is -2.43. The molecule has 1 unspecified atom stereocenters. The minimum absolute atomic E-state index is 0.0970. The maximum absolute atomic E-state index is 11.7. The fraction of sp³-hybridized carbons (Fsp3) is 0.714. The summed E-state index contributed by atoms with van der Waals surface area (Å²) in [6, 6.07) is 2.97. The molecule has 1 aliphatic carbocycles. The molecule has 1 amide bonds. The van der Waals surface area contributed by atoms with Crippen LogP contribution in [0.1, 0.15) is 43.8 Å². The van der Waals surface area contributed by atoms with Gasteiger partial charge in [0, 0.05) is 32.4 Å². The third-order valence-corrected chi connectivity index (χ3v) is 4.45. The van der Waals surface area contributed by atoms with E-state index in [1.807, 2.05) is 10.9 Å². The highest BCUT2D eigenvalue weighted by Gasteiger charge is 2.32. The van der Waals surface area contributed by atoms with Crippen molar-refractivity contribution in [2.45, 2.75) is 50.7 Å². The second-order valence-electron chi connectivity index (χ2n) is 5.67. The number of nitrogens with one attached hydrogen (secondary N) is 1. The Hall–Kier alpha value is -1.36. The lowest BCUT2D eigenvalue weighted by atomic mass is 10.1. The highest BCUT2D eigenvalue weighted by atomic mass is 16.1. The Morgan fingerprint density at radius 3 is 3.00 bits per heavy atom. The Morgan fingerprint density at radius 1 is 1.47 bits per heavy atom. The summed E-state index contributed by atoms with van der Waals surface area (Å²) < 4.78 is 2.04. The van der Waals surface area contributed by atoms with Crippen molar-refractivity contribution in [3.05, 3.63) is 18.0 Å². The molecule has 0 radical (unpaired) electrons. The van der Waals surface area contributed by atoms with E-state index in [4.69, 9.17) is 0 Å². The van der Waals surface area contributed by atoms with Crippen LogP contribution in [0.25, 0.3) is 0 Å². The second-order valence-corrected chi connectivity index (χ2v) is 5.67. The summed E-state index contributed by atoms with van der Waals surface area (Å²) in [5.41, 5.74) is 1.24. The SMILES string of the molecule is CNC(=O)CC1CN(C2CCCC2)Cc2ccnn21. The van der Waals surface area contributed by atoms with Crippen LogP contribution in [0.2, 0.25) is 0 Å². The molecule has 3 rings (SSSR count). The molecule has 2 aliphatic rings. The molecular formula is C14H22N4O. The first-order chi connectivity index (χ1) is 9.28. The Kier molecular flexibility index (Phi) is 3.55. The van der Waals surface area contributed by atoms with Gasteiger partial charge in [-0.2, -0.15) is 5.10 Å². The quantitative estimate of drug-likeness (QED) is 0.894. The average molecular weight is 262 g/mol.